The van der Waals surface area contributed by atoms with Crippen LogP contribution >= 0.6 is 0 Å². The van der Waals surface area contributed by atoms with E-state index in [1.807, 2.05) is 0 Å². The molecule has 3 aromatic rings. The lowest BCUT2D eigenvalue weighted by Gasteiger charge is -1.97. The van der Waals surface area contributed by atoms with E-state index in [0.29, 0.717) is 17.2 Å². The lowest BCUT2D eigenvalue weighted by molar-refractivity contribution is 0.475. The monoisotopic (exact) mass is 262 g/mol. The van der Waals surface area contributed by atoms with Gasteiger partial charge in [0, 0.05) is 11.1 Å². The predicted octanol–water partition coefficient (Wildman–Crippen LogP) is 3.59. The van der Waals surface area contributed by atoms with Crippen molar-refractivity contribution in [3.63, 3.8) is 0 Å². The number of hydrogen-bond donors (Lipinski definition) is 1. The minimum Gasteiger partial charge on any atom is -0.508 e. The van der Waals surface area contributed by atoms with Crippen LogP contribution in [0.4, 0.5) is 0 Å². The maximum Gasteiger partial charge on any atom is 0.226 e. The van der Waals surface area contributed by atoms with Crippen molar-refractivity contribution in [2.24, 2.45) is 0 Å². The van der Waals surface area contributed by atoms with Crippen LogP contribution in [0.2, 0.25) is 0 Å². The molecule has 0 spiro atoms. The van der Waals surface area contributed by atoms with Gasteiger partial charge in [-0.1, -0.05) is 0 Å². The Bertz CT molecular complexity index is 765. The molecule has 0 bridgehead atoms. The van der Waals surface area contributed by atoms with E-state index in [4.69, 9.17) is 9.68 Å². The largest absolute Gasteiger partial charge is 0.508 e. The molecule has 0 atom stereocenters. The average Bonchev–Trinajstić information content (AvgIpc) is 2.98. The highest BCUT2D eigenvalue weighted by Crippen LogP contribution is 2.27. The van der Waals surface area contributed by atoms with Crippen LogP contribution in [0.25, 0.3) is 22.8 Å². The van der Waals surface area contributed by atoms with Gasteiger partial charge < -0.3 is 9.52 Å². The molecule has 0 aliphatic carbocycles. The second kappa shape index (κ2) is 4.90. The van der Waals surface area contributed by atoms with E-state index in [0.717, 1.165) is 11.1 Å². The fourth-order valence-electron chi connectivity index (χ4n) is 1.85. The number of aromatic nitrogens is 1. The molecule has 0 aliphatic heterocycles. The summed E-state index contributed by atoms with van der Waals surface area (Å²) in [7, 11) is 0. The SMILES string of the molecule is N#Cc1ccc(-c2ncc(-c3ccc(O)cc3)o2)cc1. The number of phenols is 1. The number of oxazole rings is 1. The highest BCUT2D eigenvalue weighted by molar-refractivity contribution is 5.62. The van der Waals surface area contributed by atoms with Crippen LogP contribution in [-0.2, 0) is 0 Å². The third-order valence-corrected chi connectivity index (χ3v) is 2.92. The summed E-state index contributed by atoms with van der Waals surface area (Å²) in [5.41, 5.74) is 2.25. The molecule has 1 N–H and O–H groups in total. The number of hydrogen-bond acceptors (Lipinski definition) is 4. The topological polar surface area (TPSA) is 70.0 Å². The molecule has 0 amide bonds. The van der Waals surface area contributed by atoms with E-state index in [-0.39, 0.29) is 5.75 Å². The van der Waals surface area contributed by atoms with Crippen LogP contribution in [0.15, 0.2) is 59.1 Å². The summed E-state index contributed by atoms with van der Waals surface area (Å²) in [5, 5.41) is 18.0. The number of phenolic OH excluding ortho intramolecular Hbond substituents is 1. The lowest BCUT2D eigenvalue weighted by atomic mass is 10.1. The Hall–Kier alpha value is -3.06. The molecule has 1 heterocycles. The van der Waals surface area contributed by atoms with Crippen molar-refractivity contribution >= 4 is 0 Å². The zero-order valence-electron chi connectivity index (χ0n) is 10.4. The summed E-state index contributed by atoms with van der Waals surface area (Å²) in [6, 6.07) is 15.8. The number of benzene rings is 2. The lowest BCUT2D eigenvalue weighted by Crippen LogP contribution is -1.78. The van der Waals surface area contributed by atoms with Crippen molar-refractivity contribution in [2.45, 2.75) is 0 Å². The quantitative estimate of drug-likeness (QED) is 0.766. The van der Waals surface area contributed by atoms with Crippen molar-refractivity contribution < 1.29 is 9.52 Å². The molecule has 0 saturated carbocycles. The normalized spacial score (nSPS) is 10.2. The Kier molecular flexibility index (Phi) is 2.94. The molecule has 4 nitrogen and oxygen atoms in total. The van der Waals surface area contributed by atoms with E-state index in [2.05, 4.69) is 11.1 Å². The maximum absolute atomic E-state index is 9.26. The third kappa shape index (κ3) is 2.25. The molecule has 4 heteroatoms. The van der Waals surface area contributed by atoms with E-state index in [1.54, 1.807) is 54.7 Å². The summed E-state index contributed by atoms with van der Waals surface area (Å²) >= 11 is 0. The van der Waals surface area contributed by atoms with Gasteiger partial charge in [0.1, 0.15) is 5.75 Å². The van der Waals surface area contributed by atoms with Crippen molar-refractivity contribution in [2.75, 3.05) is 0 Å². The molecule has 96 valence electrons. The smallest absolute Gasteiger partial charge is 0.226 e. The zero-order valence-corrected chi connectivity index (χ0v) is 10.4. The molecule has 0 unspecified atom stereocenters. The number of aromatic hydroxyl groups is 1. The molecule has 0 aliphatic rings. The van der Waals surface area contributed by atoms with Gasteiger partial charge >= 0.3 is 0 Å². The summed E-state index contributed by atoms with van der Waals surface area (Å²) in [6.45, 7) is 0. The molecule has 1 aromatic heterocycles. The van der Waals surface area contributed by atoms with Crippen molar-refractivity contribution in [1.82, 2.24) is 4.98 Å². The molecule has 2 aromatic carbocycles. The Labute approximate surface area is 115 Å². The van der Waals surface area contributed by atoms with Crippen LogP contribution in [0.5, 0.6) is 5.75 Å². The second-order valence-corrected chi connectivity index (χ2v) is 4.27. The molecule has 3 rings (SSSR count). The van der Waals surface area contributed by atoms with E-state index in [1.165, 1.54) is 0 Å². The predicted molar refractivity (Wildman–Crippen MR) is 73.8 cm³/mol. The number of nitriles is 1. The van der Waals surface area contributed by atoms with Crippen molar-refractivity contribution in [3.05, 3.63) is 60.3 Å². The second-order valence-electron chi connectivity index (χ2n) is 4.27. The van der Waals surface area contributed by atoms with E-state index in [9.17, 15) is 5.11 Å². The molecule has 20 heavy (non-hydrogen) atoms. The highest BCUT2D eigenvalue weighted by atomic mass is 16.4. The van der Waals surface area contributed by atoms with Crippen LogP contribution in [0, 0.1) is 11.3 Å². The zero-order chi connectivity index (χ0) is 13.9. The summed E-state index contributed by atoms with van der Waals surface area (Å²) in [6.07, 6.45) is 1.64. The van der Waals surface area contributed by atoms with Gasteiger partial charge in [-0.25, -0.2) is 4.98 Å². The molecule has 0 fully saturated rings. The minimum atomic E-state index is 0.209. The van der Waals surface area contributed by atoms with Crippen LogP contribution in [0.1, 0.15) is 5.56 Å². The van der Waals surface area contributed by atoms with Gasteiger partial charge in [-0.05, 0) is 48.5 Å². The molecular formula is C16H10N2O2. The molecule has 0 radical (unpaired) electrons. The molecular weight excluding hydrogens is 252 g/mol. The van der Waals surface area contributed by atoms with Gasteiger partial charge in [-0.15, -0.1) is 0 Å². The Balaban J connectivity index is 1.93. The first-order valence-electron chi connectivity index (χ1n) is 6.02. The highest BCUT2D eigenvalue weighted by Gasteiger charge is 2.08. The van der Waals surface area contributed by atoms with E-state index >= 15 is 0 Å². The summed E-state index contributed by atoms with van der Waals surface area (Å²) in [4.78, 5) is 4.23. The van der Waals surface area contributed by atoms with Gasteiger partial charge in [-0.2, -0.15) is 5.26 Å². The maximum atomic E-state index is 9.26. The van der Waals surface area contributed by atoms with E-state index < -0.39 is 0 Å². The first-order valence-corrected chi connectivity index (χ1v) is 6.02. The number of rotatable bonds is 2. The summed E-state index contributed by atoms with van der Waals surface area (Å²) < 4.78 is 5.69. The first kappa shape index (κ1) is 12.0. The summed E-state index contributed by atoms with van der Waals surface area (Å²) in [5.74, 6) is 1.34. The fourth-order valence-corrected chi connectivity index (χ4v) is 1.85. The van der Waals surface area contributed by atoms with Gasteiger partial charge in [0.05, 0.1) is 17.8 Å². The minimum absolute atomic E-state index is 0.209. The van der Waals surface area contributed by atoms with Crippen LogP contribution < -0.4 is 0 Å². The third-order valence-electron chi connectivity index (χ3n) is 2.92. The van der Waals surface area contributed by atoms with Crippen LogP contribution in [0.3, 0.4) is 0 Å². The van der Waals surface area contributed by atoms with Gasteiger partial charge in [-0.3, -0.25) is 0 Å². The Morgan fingerprint density at radius 1 is 0.950 bits per heavy atom. The number of nitrogens with zero attached hydrogens (tertiary/aromatic N) is 2. The van der Waals surface area contributed by atoms with Gasteiger partial charge in [0.25, 0.3) is 0 Å². The van der Waals surface area contributed by atoms with Gasteiger partial charge in [0.15, 0.2) is 5.76 Å². The fraction of sp³-hybridized carbons (Fsp3) is 0. The first-order chi connectivity index (χ1) is 9.76. The standard InChI is InChI=1S/C16H10N2O2/c17-9-11-1-3-13(4-2-11)16-18-10-15(20-16)12-5-7-14(19)8-6-12/h1-8,10,19H. The Morgan fingerprint density at radius 2 is 1.60 bits per heavy atom. The van der Waals surface area contributed by atoms with Crippen molar-refractivity contribution in [1.29, 1.82) is 5.26 Å². The van der Waals surface area contributed by atoms with Crippen LogP contribution in [-0.4, -0.2) is 10.1 Å². The average molecular weight is 262 g/mol. The Morgan fingerprint density at radius 3 is 2.25 bits per heavy atom. The van der Waals surface area contributed by atoms with Gasteiger partial charge in [0.2, 0.25) is 5.89 Å². The van der Waals surface area contributed by atoms with Crippen molar-refractivity contribution in [3.8, 4) is 34.6 Å². The molecule has 0 saturated heterocycles.